The molecule has 2 aromatic heterocycles. The van der Waals surface area contributed by atoms with Gasteiger partial charge in [-0.3, -0.25) is 10.1 Å². The summed E-state index contributed by atoms with van der Waals surface area (Å²) in [5.74, 6) is 0.639. The summed E-state index contributed by atoms with van der Waals surface area (Å²) < 4.78 is 4.82. The van der Waals surface area contributed by atoms with Gasteiger partial charge in [-0.2, -0.15) is 4.98 Å². The molecule has 0 unspecified atom stereocenters. The molecule has 0 radical (unpaired) electrons. The fourth-order valence-corrected chi connectivity index (χ4v) is 1.41. The van der Waals surface area contributed by atoms with Crippen LogP contribution in [0, 0.1) is 6.92 Å². The average Bonchev–Trinajstić information content (AvgIpc) is 2.76. The molecule has 2 N–H and O–H groups in total. The molecule has 0 saturated heterocycles. The molecule has 0 fully saturated rings. The second-order valence-electron chi connectivity index (χ2n) is 3.53. The number of hydrogen-bond acceptors (Lipinski definition) is 6. The van der Waals surface area contributed by atoms with Gasteiger partial charge in [0.1, 0.15) is 5.82 Å². The van der Waals surface area contributed by atoms with Crippen molar-refractivity contribution in [3.05, 3.63) is 29.7 Å². The van der Waals surface area contributed by atoms with Gasteiger partial charge < -0.3 is 9.84 Å². The number of carbonyl (C=O) groups is 1. The number of carbonyl (C=O) groups excluding carboxylic acids is 1. The van der Waals surface area contributed by atoms with Crippen molar-refractivity contribution >= 4 is 17.7 Å². The molecule has 0 aliphatic carbocycles. The molecule has 7 nitrogen and oxygen atoms in total. The Morgan fingerprint density at radius 3 is 3.00 bits per heavy atom. The fourth-order valence-electron chi connectivity index (χ4n) is 1.41. The van der Waals surface area contributed by atoms with Gasteiger partial charge in [0.2, 0.25) is 0 Å². The molecule has 0 atom stereocenters. The lowest BCUT2D eigenvalue weighted by atomic mass is 10.2. The summed E-state index contributed by atoms with van der Waals surface area (Å²) in [5.41, 5.74) is 0.426. The minimum atomic E-state index is -0.345. The van der Waals surface area contributed by atoms with Gasteiger partial charge in [-0.15, -0.1) is 0 Å². The first kappa shape index (κ1) is 12.0. The van der Waals surface area contributed by atoms with Crippen LogP contribution in [-0.2, 0) is 0 Å². The number of pyridine rings is 1. The van der Waals surface area contributed by atoms with Crippen molar-refractivity contribution in [1.82, 2.24) is 15.1 Å². The first-order chi connectivity index (χ1) is 8.70. The van der Waals surface area contributed by atoms with Gasteiger partial charge in [0.25, 0.3) is 5.91 Å². The van der Waals surface area contributed by atoms with Gasteiger partial charge in [-0.25, -0.2) is 4.98 Å². The molecule has 0 aliphatic heterocycles. The van der Waals surface area contributed by atoms with Crippen LogP contribution in [0.25, 0.3) is 0 Å². The number of amides is 1. The second-order valence-corrected chi connectivity index (χ2v) is 3.53. The van der Waals surface area contributed by atoms with E-state index in [1.807, 2.05) is 6.92 Å². The number of rotatable bonds is 4. The van der Waals surface area contributed by atoms with E-state index in [0.29, 0.717) is 23.8 Å². The van der Waals surface area contributed by atoms with Gasteiger partial charge in [-0.05, 0) is 26.0 Å². The zero-order valence-electron chi connectivity index (χ0n) is 10.1. The van der Waals surface area contributed by atoms with Crippen molar-refractivity contribution in [2.45, 2.75) is 13.8 Å². The van der Waals surface area contributed by atoms with E-state index >= 15 is 0 Å². The molecule has 0 spiro atoms. The fraction of sp³-hybridized carbons (Fsp3) is 0.273. The molecule has 2 rings (SSSR count). The number of anilines is 2. The van der Waals surface area contributed by atoms with Crippen LogP contribution in [-0.4, -0.2) is 27.6 Å². The van der Waals surface area contributed by atoms with E-state index in [1.54, 1.807) is 25.3 Å². The quantitative estimate of drug-likeness (QED) is 0.849. The predicted molar refractivity (Wildman–Crippen MR) is 65.4 cm³/mol. The SMILES string of the molecule is CCNc1ncccc1C(=O)Nc1nc(C)no1. The monoisotopic (exact) mass is 247 g/mol. The smallest absolute Gasteiger partial charge is 0.328 e. The third kappa shape index (κ3) is 2.62. The number of aryl methyl sites for hydroxylation is 1. The van der Waals surface area contributed by atoms with Gasteiger partial charge in [0.05, 0.1) is 5.56 Å². The van der Waals surface area contributed by atoms with Crippen LogP contribution < -0.4 is 10.6 Å². The number of hydrogen-bond donors (Lipinski definition) is 2. The van der Waals surface area contributed by atoms with Crippen LogP contribution in [0.3, 0.4) is 0 Å². The molecule has 94 valence electrons. The van der Waals surface area contributed by atoms with Crippen molar-refractivity contribution in [2.75, 3.05) is 17.2 Å². The van der Waals surface area contributed by atoms with Gasteiger partial charge in [0, 0.05) is 12.7 Å². The van der Waals surface area contributed by atoms with Gasteiger partial charge in [-0.1, -0.05) is 5.16 Å². The summed E-state index contributed by atoms with van der Waals surface area (Å²) in [6.07, 6.45) is 1.62. The Morgan fingerprint density at radius 1 is 1.50 bits per heavy atom. The first-order valence-electron chi connectivity index (χ1n) is 5.51. The first-order valence-corrected chi connectivity index (χ1v) is 5.51. The summed E-state index contributed by atoms with van der Waals surface area (Å²) in [6.45, 7) is 4.28. The van der Waals surface area contributed by atoms with Gasteiger partial charge >= 0.3 is 6.01 Å². The normalized spacial score (nSPS) is 10.1. The lowest BCUT2D eigenvalue weighted by Crippen LogP contribution is -2.15. The Kier molecular flexibility index (Phi) is 3.52. The zero-order valence-corrected chi connectivity index (χ0v) is 10.1. The number of nitrogens with zero attached hydrogens (tertiary/aromatic N) is 3. The zero-order chi connectivity index (χ0) is 13.0. The third-order valence-corrected chi connectivity index (χ3v) is 2.14. The molecule has 0 bridgehead atoms. The van der Waals surface area contributed by atoms with Crippen LogP contribution in [0.15, 0.2) is 22.9 Å². The molecule has 2 heterocycles. The van der Waals surface area contributed by atoms with Crippen molar-refractivity contribution in [2.24, 2.45) is 0 Å². The van der Waals surface area contributed by atoms with Crippen molar-refractivity contribution < 1.29 is 9.32 Å². The Bertz CT molecular complexity index is 552. The van der Waals surface area contributed by atoms with Crippen LogP contribution in [0.2, 0.25) is 0 Å². The molecule has 2 aromatic rings. The highest BCUT2D eigenvalue weighted by atomic mass is 16.5. The van der Waals surface area contributed by atoms with E-state index in [1.165, 1.54) is 0 Å². The summed E-state index contributed by atoms with van der Waals surface area (Å²) >= 11 is 0. The molecule has 0 saturated carbocycles. The van der Waals surface area contributed by atoms with Crippen molar-refractivity contribution in [3.8, 4) is 0 Å². The van der Waals surface area contributed by atoms with Crippen LogP contribution in [0.4, 0.5) is 11.8 Å². The Hall–Kier alpha value is -2.44. The van der Waals surface area contributed by atoms with E-state index in [9.17, 15) is 4.79 Å². The largest absolute Gasteiger partial charge is 0.370 e. The summed E-state index contributed by atoms with van der Waals surface area (Å²) in [4.78, 5) is 20.0. The van der Waals surface area contributed by atoms with E-state index < -0.39 is 0 Å². The topological polar surface area (TPSA) is 92.9 Å². The highest BCUT2D eigenvalue weighted by Crippen LogP contribution is 2.13. The summed E-state index contributed by atoms with van der Waals surface area (Å²) in [5, 5.41) is 9.12. The molecule has 0 aromatic carbocycles. The Labute approximate surface area is 104 Å². The third-order valence-electron chi connectivity index (χ3n) is 2.14. The highest BCUT2D eigenvalue weighted by molar-refractivity contribution is 6.06. The summed E-state index contributed by atoms with van der Waals surface area (Å²) in [6, 6.07) is 3.43. The second kappa shape index (κ2) is 5.26. The molecule has 18 heavy (non-hydrogen) atoms. The highest BCUT2D eigenvalue weighted by Gasteiger charge is 2.14. The lowest BCUT2D eigenvalue weighted by Gasteiger charge is -2.07. The molecule has 0 aliphatic rings. The summed E-state index contributed by atoms with van der Waals surface area (Å²) in [7, 11) is 0. The Balaban J connectivity index is 2.18. The maximum absolute atomic E-state index is 12.0. The minimum Gasteiger partial charge on any atom is -0.370 e. The maximum atomic E-state index is 12.0. The molecular weight excluding hydrogens is 234 g/mol. The molecular formula is C11H13N5O2. The predicted octanol–water partition coefficient (Wildman–Crippen LogP) is 1.46. The standard InChI is InChI=1S/C11H13N5O2/c1-3-12-9-8(5-4-6-13-9)10(17)15-11-14-7(2)16-18-11/h4-6H,3H2,1-2H3,(H,12,13)(H,14,15,16,17). The minimum absolute atomic E-state index is 0.0730. The molecule has 7 heteroatoms. The van der Waals surface area contributed by atoms with E-state index in [2.05, 4.69) is 25.8 Å². The molecule has 1 amide bonds. The van der Waals surface area contributed by atoms with E-state index in [0.717, 1.165) is 0 Å². The number of nitrogens with one attached hydrogen (secondary N) is 2. The van der Waals surface area contributed by atoms with Crippen LogP contribution in [0.1, 0.15) is 23.1 Å². The van der Waals surface area contributed by atoms with Crippen LogP contribution in [0.5, 0.6) is 0 Å². The van der Waals surface area contributed by atoms with E-state index in [-0.39, 0.29) is 11.9 Å². The van der Waals surface area contributed by atoms with Gasteiger partial charge in [0.15, 0.2) is 5.82 Å². The Morgan fingerprint density at radius 2 is 2.33 bits per heavy atom. The average molecular weight is 247 g/mol. The lowest BCUT2D eigenvalue weighted by molar-refractivity contribution is 0.102. The number of aromatic nitrogens is 3. The van der Waals surface area contributed by atoms with Crippen molar-refractivity contribution in [3.63, 3.8) is 0 Å². The van der Waals surface area contributed by atoms with E-state index in [4.69, 9.17) is 4.52 Å². The van der Waals surface area contributed by atoms with Crippen molar-refractivity contribution in [1.29, 1.82) is 0 Å². The van der Waals surface area contributed by atoms with Crippen LogP contribution >= 0.6 is 0 Å². The maximum Gasteiger partial charge on any atom is 0.328 e.